The maximum absolute atomic E-state index is 8.88. The summed E-state index contributed by atoms with van der Waals surface area (Å²) in [6.07, 6.45) is 0.278. The molecule has 1 amide bonds. The first-order valence-electron chi connectivity index (χ1n) is 0.752. The Bertz CT molecular complexity index is 27.0. The van der Waals surface area contributed by atoms with Gasteiger partial charge in [-0.3, -0.25) is 4.79 Å². The fourth-order valence-corrected chi connectivity index (χ4v) is 0. The molecule has 0 heterocycles. The summed E-state index contributed by atoms with van der Waals surface area (Å²) in [4.78, 5) is 11.4. The number of amides is 1. The van der Waals surface area contributed by atoms with Gasteiger partial charge in [0.05, 0.1) is 0 Å². The van der Waals surface area contributed by atoms with E-state index in [2.05, 4.69) is 11.7 Å². The zero-order chi connectivity index (χ0) is 3.41. The number of hydrogen-bond acceptors (Lipinski definition) is 1. The molecule has 0 saturated carbocycles. The highest BCUT2D eigenvalue weighted by molar-refractivity contribution is 5.55. The van der Waals surface area contributed by atoms with Gasteiger partial charge in [-0.1, -0.05) is 0 Å². The Morgan fingerprint density at radius 2 is 2.25 bits per heavy atom. The molecule has 0 saturated heterocycles. The smallest absolute Gasteiger partial charge is 0.232 e. The molecule has 0 aromatic carbocycles. The quantitative estimate of drug-likeness (QED) is 0.300. The highest BCUT2D eigenvalue weighted by atomic mass is 16.1. The lowest BCUT2D eigenvalue weighted by Gasteiger charge is -1.40. The molecule has 21 valence electrons. The molecule has 1 radical (unpaired) electrons. The van der Waals surface area contributed by atoms with Crippen LogP contribution in [0.15, 0.2) is 4.99 Å². The van der Waals surface area contributed by atoms with Crippen molar-refractivity contribution in [1.82, 2.24) is 0 Å². The van der Waals surface area contributed by atoms with Crippen LogP contribution < -0.4 is 0 Å². The third-order valence-electron chi connectivity index (χ3n) is 0.0609. The lowest BCUT2D eigenvalue weighted by atomic mass is 11.4. The van der Waals surface area contributed by atoms with E-state index in [0.717, 1.165) is 0 Å². The van der Waals surface area contributed by atoms with Gasteiger partial charge in [-0.2, -0.15) is 0 Å². The van der Waals surface area contributed by atoms with E-state index in [9.17, 15) is 0 Å². The summed E-state index contributed by atoms with van der Waals surface area (Å²) >= 11 is 0. The minimum Gasteiger partial charge on any atom is -0.276 e. The minimum atomic E-state index is 0.278. The first kappa shape index (κ1) is 3.34. The topological polar surface area (TPSA) is 29.4 Å². The van der Waals surface area contributed by atoms with Gasteiger partial charge in [0.15, 0.2) is 0 Å². The monoisotopic (exact) mass is 56.0 g/mol. The second-order valence-corrected chi connectivity index (χ2v) is 0.254. The van der Waals surface area contributed by atoms with Crippen molar-refractivity contribution in [3.8, 4) is 0 Å². The summed E-state index contributed by atoms with van der Waals surface area (Å²) in [5.41, 5.74) is 0. The predicted octanol–water partition coefficient (Wildman–Crippen LogP) is -0.280. The molecular weight excluding hydrogens is 54.0 g/mol. The number of rotatable bonds is 1. The predicted molar refractivity (Wildman–Crippen MR) is 14.6 cm³/mol. The third kappa shape index (κ3) is 1.34. The van der Waals surface area contributed by atoms with Crippen molar-refractivity contribution in [1.29, 1.82) is 0 Å². The minimum absolute atomic E-state index is 0.278. The fraction of sp³-hybridized carbons (Fsp3) is 0. The molecule has 2 nitrogen and oxygen atoms in total. The van der Waals surface area contributed by atoms with Gasteiger partial charge < -0.3 is 0 Å². The normalized spacial score (nSPS) is 5.00. The third-order valence-corrected chi connectivity index (χ3v) is 0.0609. The van der Waals surface area contributed by atoms with Crippen LogP contribution >= 0.6 is 0 Å². The second-order valence-electron chi connectivity index (χ2n) is 0.254. The van der Waals surface area contributed by atoms with Crippen LogP contribution in [0.25, 0.3) is 0 Å². The molecule has 4 heavy (non-hydrogen) atoms. The Morgan fingerprint density at radius 1 is 2.00 bits per heavy atom. The zero-order valence-corrected chi connectivity index (χ0v) is 2.01. The second kappa shape index (κ2) is 2.34. The van der Waals surface area contributed by atoms with Gasteiger partial charge in [0, 0.05) is 6.72 Å². The Hall–Kier alpha value is -0.660. The fourth-order valence-electron chi connectivity index (χ4n) is 0. The largest absolute Gasteiger partial charge is 0.276 e. The van der Waals surface area contributed by atoms with Crippen molar-refractivity contribution in [3.63, 3.8) is 0 Å². The van der Waals surface area contributed by atoms with Crippen LogP contribution in [0.1, 0.15) is 0 Å². The zero-order valence-electron chi connectivity index (χ0n) is 2.01. The van der Waals surface area contributed by atoms with Crippen LogP contribution in [0.5, 0.6) is 0 Å². The molecule has 0 fully saturated rings. The van der Waals surface area contributed by atoms with Gasteiger partial charge in [-0.05, 0) is 0 Å². The van der Waals surface area contributed by atoms with E-state index in [1.165, 1.54) is 0 Å². The molecule has 0 aliphatic heterocycles. The molecule has 0 atom stereocenters. The molecule has 2 heteroatoms. The van der Waals surface area contributed by atoms with Crippen molar-refractivity contribution in [2.24, 2.45) is 4.99 Å². The highest BCUT2D eigenvalue weighted by Gasteiger charge is 1.37. The molecule has 0 aliphatic carbocycles. The number of aliphatic imine (C=N–C) groups is 1. The summed E-state index contributed by atoms with van der Waals surface area (Å²) in [6.45, 7) is 4.28. The SMILES string of the molecule is [CH]=NC=O. The Labute approximate surface area is 24.2 Å². The van der Waals surface area contributed by atoms with Crippen LogP contribution in [0.4, 0.5) is 0 Å². The molecule has 0 bridgehead atoms. The average molecular weight is 56.0 g/mol. The maximum atomic E-state index is 8.88. The van der Waals surface area contributed by atoms with Crippen LogP contribution in [-0.2, 0) is 4.79 Å². The molecular formula is C2H2NO. The van der Waals surface area contributed by atoms with E-state index >= 15 is 0 Å². The van der Waals surface area contributed by atoms with Crippen molar-refractivity contribution in [2.75, 3.05) is 0 Å². The van der Waals surface area contributed by atoms with E-state index in [0.29, 0.717) is 0 Å². The summed E-state index contributed by atoms with van der Waals surface area (Å²) < 4.78 is 0. The summed E-state index contributed by atoms with van der Waals surface area (Å²) in [5, 5.41) is 0. The van der Waals surface area contributed by atoms with Crippen molar-refractivity contribution >= 4 is 13.1 Å². The van der Waals surface area contributed by atoms with E-state index in [1.807, 2.05) is 0 Å². The first-order chi connectivity index (χ1) is 1.91. The Morgan fingerprint density at radius 3 is 2.25 bits per heavy atom. The number of carbonyl (C=O) groups is 1. The van der Waals surface area contributed by atoms with Crippen molar-refractivity contribution < 1.29 is 4.79 Å². The van der Waals surface area contributed by atoms with E-state index < -0.39 is 0 Å². The summed E-state index contributed by atoms with van der Waals surface area (Å²) in [7, 11) is 0. The van der Waals surface area contributed by atoms with Gasteiger partial charge in [0.1, 0.15) is 0 Å². The molecule has 0 aromatic rings. The van der Waals surface area contributed by atoms with Crippen LogP contribution in [0.3, 0.4) is 0 Å². The standard InChI is InChI=1S/C2H2NO/c1-3-2-4/h1-2H. The van der Waals surface area contributed by atoms with Gasteiger partial charge >= 0.3 is 0 Å². The lowest BCUT2D eigenvalue weighted by Crippen LogP contribution is -1.47. The van der Waals surface area contributed by atoms with Crippen LogP contribution in [0, 0.1) is 0 Å². The number of carbonyl (C=O) groups excluding carboxylic acids is 1. The number of nitrogens with zero attached hydrogens (tertiary/aromatic N) is 1. The Kier molecular flexibility index (Phi) is 1.95. The van der Waals surface area contributed by atoms with E-state index in [-0.39, 0.29) is 6.41 Å². The molecule has 0 spiro atoms. The first-order valence-corrected chi connectivity index (χ1v) is 0.752. The average Bonchev–Trinajstić information content (AvgIpc) is 1.37. The Balaban J connectivity index is 2.73. The molecule has 0 aromatic heterocycles. The summed E-state index contributed by atoms with van der Waals surface area (Å²) in [5.74, 6) is 0. The highest BCUT2D eigenvalue weighted by Crippen LogP contribution is 1.31. The number of hydrogen-bond donors (Lipinski definition) is 0. The lowest BCUT2D eigenvalue weighted by molar-refractivity contribution is -0.106. The van der Waals surface area contributed by atoms with Gasteiger partial charge in [-0.15, -0.1) is 0 Å². The van der Waals surface area contributed by atoms with Crippen LogP contribution in [0.2, 0.25) is 0 Å². The molecule has 0 unspecified atom stereocenters. The van der Waals surface area contributed by atoms with Gasteiger partial charge in [0.2, 0.25) is 6.41 Å². The van der Waals surface area contributed by atoms with Crippen molar-refractivity contribution in [2.45, 2.75) is 0 Å². The van der Waals surface area contributed by atoms with Crippen molar-refractivity contribution in [3.05, 3.63) is 0 Å². The van der Waals surface area contributed by atoms with Gasteiger partial charge in [0.25, 0.3) is 0 Å². The van der Waals surface area contributed by atoms with E-state index in [1.54, 1.807) is 0 Å². The molecule has 0 N–H and O–H groups in total. The molecule has 0 aliphatic rings. The molecule has 0 rings (SSSR count). The van der Waals surface area contributed by atoms with E-state index in [4.69, 9.17) is 4.79 Å². The maximum Gasteiger partial charge on any atom is 0.232 e. The van der Waals surface area contributed by atoms with Crippen LogP contribution in [-0.4, -0.2) is 13.1 Å². The van der Waals surface area contributed by atoms with Gasteiger partial charge in [-0.25, -0.2) is 4.99 Å². The summed E-state index contributed by atoms with van der Waals surface area (Å²) in [6, 6.07) is 0.